The third kappa shape index (κ3) is 2.37. The molecule has 0 saturated heterocycles. The molecule has 0 spiro atoms. The molecular formula is C10H11N5O3. The molecule has 18 heavy (non-hydrogen) atoms. The molecule has 0 saturated carbocycles. The average Bonchev–Trinajstić information content (AvgIpc) is 2.88. The lowest BCUT2D eigenvalue weighted by Crippen LogP contribution is -2.21. The zero-order valence-electron chi connectivity index (χ0n) is 9.57. The Hall–Kier alpha value is -2.64. The maximum absolute atomic E-state index is 11.9. The summed E-state index contributed by atoms with van der Waals surface area (Å²) >= 11 is 0. The smallest absolute Gasteiger partial charge is 0.323 e. The van der Waals surface area contributed by atoms with Gasteiger partial charge in [-0.1, -0.05) is 0 Å². The number of aliphatic carboxylic acids is 1. The molecule has 0 fully saturated rings. The normalized spacial score (nSPS) is 10.3. The average molecular weight is 249 g/mol. The molecular weight excluding hydrogens is 238 g/mol. The second-order valence-corrected chi connectivity index (χ2v) is 3.58. The van der Waals surface area contributed by atoms with E-state index in [9.17, 15) is 9.59 Å². The van der Waals surface area contributed by atoms with E-state index in [-0.39, 0.29) is 12.2 Å². The molecule has 94 valence electrons. The first-order chi connectivity index (χ1) is 8.58. The lowest BCUT2D eigenvalue weighted by atomic mass is 10.4. The van der Waals surface area contributed by atoms with Gasteiger partial charge in [-0.05, 0) is 12.1 Å². The van der Waals surface area contributed by atoms with Crippen molar-refractivity contribution >= 4 is 17.8 Å². The molecule has 0 radical (unpaired) electrons. The number of aryl methyl sites for hydroxylation is 1. The Morgan fingerprint density at radius 2 is 2.28 bits per heavy atom. The van der Waals surface area contributed by atoms with Gasteiger partial charge in [0.15, 0.2) is 0 Å². The van der Waals surface area contributed by atoms with Crippen LogP contribution in [0.15, 0.2) is 24.7 Å². The van der Waals surface area contributed by atoms with E-state index in [1.165, 1.54) is 27.8 Å². The number of carboxylic acids is 1. The van der Waals surface area contributed by atoms with Crippen molar-refractivity contribution in [2.75, 3.05) is 5.32 Å². The van der Waals surface area contributed by atoms with Crippen LogP contribution < -0.4 is 5.32 Å². The number of nitrogens with one attached hydrogen (secondary N) is 1. The molecule has 0 aromatic carbocycles. The van der Waals surface area contributed by atoms with Crippen molar-refractivity contribution in [3.8, 4) is 0 Å². The summed E-state index contributed by atoms with van der Waals surface area (Å²) in [5.74, 6) is -1.15. The highest BCUT2D eigenvalue weighted by atomic mass is 16.4. The Morgan fingerprint density at radius 1 is 1.50 bits per heavy atom. The topological polar surface area (TPSA) is 102 Å². The third-order valence-corrected chi connectivity index (χ3v) is 2.30. The first-order valence-electron chi connectivity index (χ1n) is 5.10. The molecule has 8 heteroatoms. The van der Waals surface area contributed by atoms with Crippen LogP contribution in [0, 0.1) is 0 Å². The number of nitrogens with zero attached hydrogens (tertiary/aromatic N) is 4. The number of aromatic nitrogens is 4. The van der Waals surface area contributed by atoms with Crippen LogP contribution in [0.4, 0.5) is 5.95 Å². The van der Waals surface area contributed by atoms with Gasteiger partial charge in [0.1, 0.15) is 18.6 Å². The van der Waals surface area contributed by atoms with Crippen LogP contribution in [0.25, 0.3) is 0 Å². The maximum Gasteiger partial charge on any atom is 0.323 e. The molecule has 2 heterocycles. The minimum atomic E-state index is -1.01. The van der Waals surface area contributed by atoms with Gasteiger partial charge in [-0.2, -0.15) is 10.1 Å². The second kappa shape index (κ2) is 4.70. The van der Waals surface area contributed by atoms with Crippen molar-refractivity contribution in [1.82, 2.24) is 19.3 Å². The van der Waals surface area contributed by atoms with E-state index in [0.717, 1.165) is 0 Å². The van der Waals surface area contributed by atoms with Gasteiger partial charge in [0.2, 0.25) is 5.95 Å². The van der Waals surface area contributed by atoms with Gasteiger partial charge in [0, 0.05) is 13.2 Å². The highest BCUT2D eigenvalue weighted by Gasteiger charge is 2.14. The Bertz CT molecular complexity index is 586. The van der Waals surface area contributed by atoms with Crippen molar-refractivity contribution in [2.24, 2.45) is 7.05 Å². The number of carboxylic acid groups (broad SMARTS) is 1. The standard InChI is InChI=1S/C10H11N5O3/c1-14-10(11-6-12-14)13-9(18)7-3-2-4-15(7)5-8(16)17/h2-4,6H,5H2,1H3,(H,16,17)(H,11,12,13,18). The fraction of sp³-hybridized carbons (Fsp3) is 0.200. The van der Waals surface area contributed by atoms with E-state index in [1.807, 2.05) is 0 Å². The zero-order valence-corrected chi connectivity index (χ0v) is 9.57. The minimum absolute atomic E-state index is 0.250. The van der Waals surface area contributed by atoms with Crippen LogP contribution in [-0.4, -0.2) is 36.3 Å². The number of anilines is 1. The van der Waals surface area contributed by atoms with Gasteiger partial charge in [-0.3, -0.25) is 14.9 Å². The molecule has 2 aromatic rings. The quantitative estimate of drug-likeness (QED) is 0.791. The molecule has 1 amide bonds. The predicted molar refractivity (Wildman–Crippen MR) is 61.0 cm³/mol. The van der Waals surface area contributed by atoms with Gasteiger partial charge in [-0.25, -0.2) is 4.68 Å². The van der Waals surface area contributed by atoms with Gasteiger partial charge >= 0.3 is 5.97 Å². The second-order valence-electron chi connectivity index (χ2n) is 3.58. The van der Waals surface area contributed by atoms with E-state index < -0.39 is 11.9 Å². The molecule has 8 nitrogen and oxygen atoms in total. The van der Waals surface area contributed by atoms with E-state index in [1.54, 1.807) is 13.1 Å². The highest BCUT2D eigenvalue weighted by Crippen LogP contribution is 2.06. The largest absolute Gasteiger partial charge is 0.480 e. The van der Waals surface area contributed by atoms with Crippen LogP contribution in [0.5, 0.6) is 0 Å². The Morgan fingerprint density at radius 3 is 2.89 bits per heavy atom. The maximum atomic E-state index is 11.9. The number of hydrogen-bond acceptors (Lipinski definition) is 4. The Labute approximate surface area is 102 Å². The number of carbonyl (C=O) groups is 2. The summed E-state index contributed by atoms with van der Waals surface area (Å²) in [6.07, 6.45) is 2.84. The van der Waals surface area contributed by atoms with E-state index in [4.69, 9.17) is 5.11 Å². The third-order valence-electron chi connectivity index (χ3n) is 2.30. The molecule has 0 aliphatic rings. The molecule has 2 rings (SSSR count). The summed E-state index contributed by atoms with van der Waals surface area (Å²) in [5.41, 5.74) is 0.250. The van der Waals surface area contributed by atoms with Crippen molar-refractivity contribution in [3.63, 3.8) is 0 Å². The minimum Gasteiger partial charge on any atom is -0.480 e. The summed E-state index contributed by atoms with van der Waals surface area (Å²) in [7, 11) is 1.64. The predicted octanol–water partition coefficient (Wildman–Crippen LogP) is -0.0465. The zero-order chi connectivity index (χ0) is 13.1. The lowest BCUT2D eigenvalue weighted by molar-refractivity contribution is -0.137. The highest BCUT2D eigenvalue weighted by molar-refractivity contribution is 6.02. The molecule has 0 atom stereocenters. The van der Waals surface area contributed by atoms with Crippen molar-refractivity contribution in [3.05, 3.63) is 30.4 Å². The van der Waals surface area contributed by atoms with Crippen molar-refractivity contribution in [1.29, 1.82) is 0 Å². The molecule has 0 unspecified atom stereocenters. The van der Waals surface area contributed by atoms with Crippen molar-refractivity contribution in [2.45, 2.75) is 6.54 Å². The number of carbonyl (C=O) groups excluding carboxylic acids is 1. The van der Waals surface area contributed by atoms with Gasteiger partial charge in [0.05, 0.1) is 0 Å². The fourth-order valence-electron chi connectivity index (χ4n) is 1.48. The Kier molecular flexibility index (Phi) is 3.09. The van der Waals surface area contributed by atoms with Crippen LogP contribution >= 0.6 is 0 Å². The molecule has 0 bridgehead atoms. The molecule has 2 aromatic heterocycles. The fourth-order valence-corrected chi connectivity index (χ4v) is 1.48. The molecule has 0 aliphatic heterocycles. The first kappa shape index (κ1) is 11.8. The summed E-state index contributed by atoms with van der Waals surface area (Å²) in [5, 5.41) is 15.1. The van der Waals surface area contributed by atoms with Gasteiger partial charge < -0.3 is 9.67 Å². The number of rotatable bonds is 4. The summed E-state index contributed by atoms with van der Waals surface area (Å²) in [6, 6.07) is 3.14. The van der Waals surface area contributed by atoms with Crippen LogP contribution in [0.1, 0.15) is 10.5 Å². The van der Waals surface area contributed by atoms with E-state index in [2.05, 4.69) is 15.4 Å². The molecule has 2 N–H and O–H groups in total. The molecule has 0 aliphatic carbocycles. The van der Waals surface area contributed by atoms with Crippen LogP contribution in [-0.2, 0) is 18.4 Å². The SMILES string of the molecule is Cn1ncnc1NC(=O)c1cccn1CC(=O)O. The van der Waals surface area contributed by atoms with Gasteiger partial charge in [-0.15, -0.1) is 0 Å². The van der Waals surface area contributed by atoms with Gasteiger partial charge in [0.25, 0.3) is 5.91 Å². The number of hydrogen-bond donors (Lipinski definition) is 2. The number of amides is 1. The first-order valence-corrected chi connectivity index (χ1v) is 5.10. The summed E-state index contributed by atoms with van der Waals surface area (Å²) < 4.78 is 2.75. The Balaban J connectivity index is 2.17. The van der Waals surface area contributed by atoms with Crippen LogP contribution in [0.2, 0.25) is 0 Å². The summed E-state index contributed by atoms with van der Waals surface area (Å²) in [6.45, 7) is -0.269. The van der Waals surface area contributed by atoms with E-state index in [0.29, 0.717) is 5.95 Å². The lowest BCUT2D eigenvalue weighted by Gasteiger charge is -2.06. The van der Waals surface area contributed by atoms with Crippen LogP contribution in [0.3, 0.4) is 0 Å². The van der Waals surface area contributed by atoms with Crippen molar-refractivity contribution < 1.29 is 14.7 Å². The summed E-state index contributed by atoms with van der Waals surface area (Å²) in [4.78, 5) is 26.4. The monoisotopic (exact) mass is 249 g/mol. The van der Waals surface area contributed by atoms with E-state index >= 15 is 0 Å².